The van der Waals surface area contributed by atoms with E-state index in [0.717, 1.165) is 25.2 Å². The summed E-state index contributed by atoms with van der Waals surface area (Å²) >= 11 is 0. The van der Waals surface area contributed by atoms with E-state index in [0.29, 0.717) is 5.92 Å². The first kappa shape index (κ1) is 18.9. The highest BCUT2D eigenvalue weighted by atomic mass is 35.5. The largest absolute Gasteiger partial charge is 0.355 e. The molecule has 1 aromatic carbocycles. The highest BCUT2D eigenvalue weighted by Gasteiger charge is 2.28. The van der Waals surface area contributed by atoms with E-state index in [4.69, 9.17) is 0 Å². The van der Waals surface area contributed by atoms with Crippen molar-refractivity contribution in [2.24, 2.45) is 11.8 Å². The lowest BCUT2D eigenvalue weighted by atomic mass is 9.88. The van der Waals surface area contributed by atoms with E-state index in [-0.39, 0.29) is 41.4 Å². The van der Waals surface area contributed by atoms with Gasteiger partial charge in [0, 0.05) is 12.5 Å². The smallest absolute Gasteiger partial charge is 0.223 e. The van der Waals surface area contributed by atoms with E-state index in [9.17, 15) is 17.6 Å². The molecule has 8 heteroatoms. The van der Waals surface area contributed by atoms with Crippen LogP contribution in [0.4, 0.5) is 4.39 Å². The van der Waals surface area contributed by atoms with Gasteiger partial charge in [0.25, 0.3) is 0 Å². The molecule has 1 atom stereocenters. The quantitative estimate of drug-likeness (QED) is 0.750. The Morgan fingerprint density at radius 3 is 2.45 bits per heavy atom. The fraction of sp³-hybridized carbons (Fsp3) is 0.500. The van der Waals surface area contributed by atoms with Gasteiger partial charge < -0.3 is 10.6 Å². The van der Waals surface area contributed by atoms with Crippen molar-refractivity contribution in [1.29, 1.82) is 0 Å². The monoisotopic (exact) mass is 350 g/mol. The predicted molar refractivity (Wildman–Crippen MR) is 84.2 cm³/mol. The molecule has 1 amide bonds. The van der Waals surface area contributed by atoms with Gasteiger partial charge in [0.1, 0.15) is 5.82 Å². The van der Waals surface area contributed by atoms with Crippen LogP contribution in [0.15, 0.2) is 29.2 Å². The van der Waals surface area contributed by atoms with Crippen LogP contribution in [0.3, 0.4) is 0 Å². The molecule has 124 valence electrons. The summed E-state index contributed by atoms with van der Waals surface area (Å²) in [6.45, 7) is 3.54. The molecule has 0 aliphatic carbocycles. The number of carbonyl (C=O) groups is 1. The molecular weight excluding hydrogens is 331 g/mol. The van der Waals surface area contributed by atoms with Crippen LogP contribution in [-0.2, 0) is 14.6 Å². The molecule has 1 heterocycles. The van der Waals surface area contributed by atoms with Crippen molar-refractivity contribution in [3.05, 3.63) is 30.1 Å². The molecule has 1 saturated heterocycles. The van der Waals surface area contributed by atoms with Gasteiger partial charge in [-0.25, -0.2) is 12.8 Å². The molecule has 1 fully saturated rings. The predicted octanol–water partition coefficient (Wildman–Crippen LogP) is 0.993. The van der Waals surface area contributed by atoms with Crippen molar-refractivity contribution in [3.8, 4) is 0 Å². The van der Waals surface area contributed by atoms with Crippen LogP contribution in [-0.4, -0.2) is 39.7 Å². The minimum Gasteiger partial charge on any atom is -0.355 e. The minimum atomic E-state index is -3.50. The number of hydrogen-bond donors (Lipinski definition) is 2. The summed E-state index contributed by atoms with van der Waals surface area (Å²) in [4.78, 5) is 11.9. The summed E-state index contributed by atoms with van der Waals surface area (Å²) in [5.41, 5.74) is 0. The van der Waals surface area contributed by atoms with Gasteiger partial charge in [-0.1, -0.05) is 6.92 Å². The zero-order chi connectivity index (χ0) is 15.5. The molecule has 5 nitrogen and oxygen atoms in total. The van der Waals surface area contributed by atoms with Crippen molar-refractivity contribution in [2.75, 3.05) is 25.4 Å². The SMILES string of the molecule is CC(C(=O)NCCS(=O)(=O)c1ccc(F)cc1)C1CNC1.Cl. The third-order valence-electron chi connectivity index (χ3n) is 3.78. The van der Waals surface area contributed by atoms with Gasteiger partial charge in [-0.3, -0.25) is 4.79 Å². The summed E-state index contributed by atoms with van der Waals surface area (Å²) in [5, 5.41) is 5.75. The van der Waals surface area contributed by atoms with Crippen molar-refractivity contribution < 1.29 is 17.6 Å². The van der Waals surface area contributed by atoms with Crippen LogP contribution < -0.4 is 10.6 Å². The summed E-state index contributed by atoms with van der Waals surface area (Å²) in [7, 11) is -3.50. The van der Waals surface area contributed by atoms with Gasteiger partial charge in [0.15, 0.2) is 9.84 Å². The van der Waals surface area contributed by atoms with Gasteiger partial charge >= 0.3 is 0 Å². The highest BCUT2D eigenvalue weighted by molar-refractivity contribution is 7.91. The molecule has 2 N–H and O–H groups in total. The average Bonchev–Trinajstić information content (AvgIpc) is 2.36. The first-order valence-corrected chi connectivity index (χ1v) is 8.52. The Kier molecular flexibility index (Phi) is 6.77. The van der Waals surface area contributed by atoms with Crippen LogP contribution >= 0.6 is 12.4 Å². The van der Waals surface area contributed by atoms with Crippen molar-refractivity contribution >= 4 is 28.2 Å². The van der Waals surface area contributed by atoms with Gasteiger partial charge in [-0.05, 0) is 43.3 Å². The molecular formula is C14H20ClFN2O3S. The fourth-order valence-corrected chi connectivity index (χ4v) is 3.27. The minimum absolute atomic E-state index is 0. The maximum absolute atomic E-state index is 12.8. The van der Waals surface area contributed by atoms with E-state index >= 15 is 0 Å². The Hall–Kier alpha value is -1.18. The Balaban J connectivity index is 0.00000242. The third kappa shape index (κ3) is 4.66. The van der Waals surface area contributed by atoms with Crippen molar-refractivity contribution in [2.45, 2.75) is 11.8 Å². The molecule has 2 rings (SSSR count). The molecule has 0 radical (unpaired) electrons. The molecule has 1 aromatic rings. The second-order valence-corrected chi connectivity index (χ2v) is 7.38. The number of amides is 1. The number of nitrogens with one attached hydrogen (secondary N) is 2. The van der Waals surface area contributed by atoms with E-state index in [1.807, 2.05) is 6.92 Å². The first-order valence-electron chi connectivity index (χ1n) is 6.87. The lowest BCUT2D eigenvalue weighted by molar-refractivity contribution is -0.126. The van der Waals surface area contributed by atoms with Gasteiger partial charge in [0.2, 0.25) is 5.91 Å². The summed E-state index contributed by atoms with van der Waals surface area (Å²) in [5.74, 6) is -0.612. The van der Waals surface area contributed by atoms with Crippen LogP contribution in [0.25, 0.3) is 0 Å². The lowest BCUT2D eigenvalue weighted by Gasteiger charge is -2.31. The number of rotatable bonds is 6. The normalized spacial score (nSPS) is 16.3. The molecule has 0 aromatic heterocycles. The van der Waals surface area contributed by atoms with Gasteiger partial charge in [-0.2, -0.15) is 0 Å². The van der Waals surface area contributed by atoms with Gasteiger partial charge in [-0.15, -0.1) is 12.4 Å². The topological polar surface area (TPSA) is 75.3 Å². The van der Waals surface area contributed by atoms with E-state index in [1.165, 1.54) is 12.1 Å². The summed E-state index contributed by atoms with van der Waals surface area (Å²) in [6, 6.07) is 4.68. The zero-order valence-electron chi connectivity index (χ0n) is 12.2. The first-order chi connectivity index (χ1) is 9.90. The average molecular weight is 351 g/mol. The Morgan fingerprint density at radius 2 is 1.95 bits per heavy atom. The van der Waals surface area contributed by atoms with Crippen LogP contribution in [0.2, 0.25) is 0 Å². The van der Waals surface area contributed by atoms with Crippen LogP contribution in [0.1, 0.15) is 6.92 Å². The van der Waals surface area contributed by atoms with Crippen molar-refractivity contribution in [1.82, 2.24) is 10.6 Å². The molecule has 0 bridgehead atoms. The summed E-state index contributed by atoms with van der Waals surface area (Å²) in [6.07, 6.45) is 0. The van der Waals surface area contributed by atoms with E-state index in [2.05, 4.69) is 10.6 Å². The number of hydrogen-bond acceptors (Lipinski definition) is 4. The van der Waals surface area contributed by atoms with Gasteiger partial charge in [0.05, 0.1) is 10.6 Å². The molecule has 1 aliphatic rings. The molecule has 1 unspecified atom stereocenters. The van der Waals surface area contributed by atoms with Crippen LogP contribution in [0, 0.1) is 17.7 Å². The van der Waals surface area contributed by atoms with E-state index in [1.54, 1.807) is 0 Å². The molecule has 22 heavy (non-hydrogen) atoms. The molecule has 0 spiro atoms. The number of halogens is 2. The zero-order valence-corrected chi connectivity index (χ0v) is 13.8. The lowest BCUT2D eigenvalue weighted by Crippen LogP contribution is -2.50. The Labute approximate surface area is 136 Å². The maximum atomic E-state index is 12.8. The van der Waals surface area contributed by atoms with Crippen molar-refractivity contribution in [3.63, 3.8) is 0 Å². The second kappa shape index (κ2) is 7.89. The highest BCUT2D eigenvalue weighted by Crippen LogP contribution is 2.16. The number of benzene rings is 1. The van der Waals surface area contributed by atoms with Crippen LogP contribution in [0.5, 0.6) is 0 Å². The fourth-order valence-electron chi connectivity index (χ4n) is 2.11. The molecule has 1 aliphatic heterocycles. The number of sulfone groups is 1. The Bertz CT molecular complexity index is 603. The Morgan fingerprint density at radius 1 is 1.36 bits per heavy atom. The summed E-state index contributed by atoms with van der Waals surface area (Å²) < 4.78 is 36.8. The third-order valence-corrected chi connectivity index (χ3v) is 5.51. The number of carbonyl (C=O) groups excluding carboxylic acids is 1. The second-order valence-electron chi connectivity index (χ2n) is 5.27. The standard InChI is InChI=1S/C14H19FN2O3S.ClH/c1-10(11-8-16-9-11)14(18)17-6-7-21(19,20)13-4-2-12(15)3-5-13;/h2-5,10-11,16H,6-9H2,1H3,(H,17,18);1H. The molecule has 0 saturated carbocycles. The maximum Gasteiger partial charge on any atom is 0.223 e. The van der Waals surface area contributed by atoms with E-state index < -0.39 is 15.7 Å².